The zero-order chi connectivity index (χ0) is 24.8. The van der Waals surface area contributed by atoms with Crippen molar-refractivity contribution < 1.29 is 4.79 Å². The molecule has 6 rings (SSSR count). The Balaban J connectivity index is 1.21. The minimum atomic E-state index is -0.352. The highest BCUT2D eigenvalue weighted by Crippen LogP contribution is 2.36. The van der Waals surface area contributed by atoms with Crippen LogP contribution in [0.25, 0.3) is 10.9 Å². The molecule has 2 bridgehead atoms. The summed E-state index contributed by atoms with van der Waals surface area (Å²) in [5, 5.41) is 13.0. The van der Waals surface area contributed by atoms with Gasteiger partial charge in [0.2, 0.25) is 0 Å². The summed E-state index contributed by atoms with van der Waals surface area (Å²) in [5.74, 6) is 0.339. The van der Waals surface area contributed by atoms with E-state index in [1.807, 2.05) is 16.7 Å². The lowest BCUT2D eigenvalue weighted by atomic mass is 9.83. The van der Waals surface area contributed by atoms with Crippen molar-refractivity contribution in [3.8, 4) is 6.07 Å². The average molecular weight is 478 g/mol. The lowest BCUT2D eigenvalue weighted by Crippen LogP contribution is -2.47. The number of likely N-dealkylation sites (tertiary alicyclic amines) is 1. The number of nitrogens with zero attached hydrogens (tertiary/aromatic N) is 4. The first-order valence-corrected chi connectivity index (χ1v) is 12.3. The third kappa shape index (κ3) is 3.90. The fourth-order valence-electron chi connectivity index (χ4n) is 5.95. The number of carbonyl (C=O) groups is 1. The molecule has 4 aromatic rings. The Hall–Kier alpha value is -4.15. The van der Waals surface area contributed by atoms with Crippen LogP contribution < -0.4 is 10.9 Å². The second-order valence-corrected chi connectivity index (χ2v) is 10.0. The largest absolute Gasteiger partial charge is 0.350 e. The zero-order valence-electron chi connectivity index (χ0n) is 20.1. The fraction of sp³-hybridized carbons (Fsp3) is 0.276. The zero-order valence-corrected chi connectivity index (χ0v) is 20.1. The van der Waals surface area contributed by atoms with E-state index in [1.165, 1.54) is 16.5 Å². The number of piperidine rings is 1. The van der Waals surface area contributed by atoms with Crippen molar-refractivity contribution in [2.24, 2.45) is 13.0 Å². The molecule has 7 nitrogen and oxygen atoms in total. The Morgan fingerprint density at radius 3 is 2.67 bits per heavy atom. The van der Waals surface area contributed by atoms with E-state index >= 15 is 0 Å². The van der Waals surface area contributed by atoms with Crippen LogP contribution in [0.5, 0.6) is 0 Å². The molecule has 0 saturated carbocycles. The van der Waals surface area contributed by atoms with Gasteiger partial charge in [-0.05, 0) is 60.4 Å². The Labute approximate surface area is 209 Å². The standard InChI is InChI=1S/C29H27N5O2/c1-32-16-23(24-4-2-3-5-27(24)32)18-33-14-20-12-22(17-33)26-11-10-25(29(36)34(26)15-20)31-28(35)21-8-6-19(13-30)7-9-21/h2-11,16,20,22H,12,14-15,17-18H2,1H3,(H,31,35)/t20-,22+/m0/s1. The molecule has 0 spiro atoms. The number of rotatable bonds is 4. The molecule has 2 atom stereocenters. The summed E-state index contributed by atoms with van der Waals surface area (Å²) in [4.78, 5) is 28.5. The van der Waals surface area contributed by atoms with Gasteiger partial charge in [-0.15, -0.1) is 0 Å². The van der Waals surface area contributed by atoms with Crippen molar-refractivity contribution in [1.29, 1.82) is 5.26 Å². The molecule has 0 unspecified atom stereocenters. The van der Waals surface area contributed by atoms with Gasteiger partial charge >= 0.3 is 0 Å². The number of benzene rings is 2. The summed E-state index contributed by atoms with van der Waals surface area (Å²) in [6.07, 6.45) is 3.32. The summed E-state index contributed by atoms with van der Waals surface area (Å²) in [6, 6.07) is 20.7. The van der Waals surface area contributed by atoms with Gasteiger partial charge in [-0.2, -0.15) is 5.26 Å². The molecule has 0 aliphatic carbocycles. The third-order valence-corrected chi connectivity index (χ3v) is 7.58. The van der Waals surface area contributed by atoms with Crippen molar-refractivity contribution in [2.45, 2.75) is 25.4 Å². The van der Waals surface area contributed by atoms with Gasteiger partial charge in [0.25, 0.3) is 11.5 Å². The van der Waals surface area contributed by atoms with Gasteiger partial charge in [0.1, 0.15) is 5.69 Å². The van der Waals surface area contributed by atoms with Gasteiger partial charge in [-0.3, -0.25) is 14.5 Å². The summed E-state index contributed by atoms with van der Waals surface area (Å²) in [5.41, 5.74) is 4.68. The molecule has 180 valence electrons. The maximum absolute atomic E-state index is 13.3. The number of fused-ring (bicyclic) bond motifs is 5. The van der Waals surface area contributed by atoms with Crippen LogP contribution in [-0.4, -0.2) is 33.0 Å². The topological polar surface area (TPSA) is 83.1 Å². The maximum Gasteiger partial charge on any atom is 0.274 e. The number of anilines is 1. The smallest absolute Gasteiger partial charge is 0.274 e. The highest BCUT2D eigenvalue weighted by molar-refractivity contribution is 6.04. The van der Waals surface area contributed by atoms with E-state index in [1.54, 1.807) is 30.3 Å². The molecule has 2 aliphatic heterocycles. The predicted molar refractivity (Wildman–Crippen MR) is 139 cm³/mol. The van der Waals surface area contributed by atoms with Crippen molar-refractivity contribution in [3.63, 3.8) is 0 Å². The molecule has 2 aliphatic rings. The number of amides is 1. The van der Waals surface area contributed by atoms with E-state index in [0.29, 0.717) is 35.2 Å². The number of pyridine rings is 1. The summed E-state index contributed by atoms with van der Waals surface area (Å²) < 4.78 is 4.06. The number of carbonyl (C=O) groups excluding carboxylic acids is 1. The third-order valence-electron chi connectivity index (χ3n) is 7.58. The number of hydrogen-bond acceptors (Lipinski definition) is 4. The van der Waals surface area contributed by atoms with Crippen molar-refractivity contribution in [1.82, 2.24) is 14.0 Å². The number of hydrogen-bond donors (Lipinski definition) is 1. The Bertz CT molecular complexity index is 1570. The van der Waals surface area contributed by atoms with E-state index in [2.05, 4.69) is 52.3 Å². The number of aryl methyl sites for hydroxylation is 1. The van der Waals surface area contributed by atoms with Crippen LogP contribution in [0.3, 0.4) is 0 Å². The number of aromatic nitrogens is 2. The first-order chi connectivity index (χ1) is 17.5. The summed E-state index contributed by atoms with van der Waals surface area (Å²) in [6.45, 7) is 3.43. The van der Waals surface area contributed by atoms with Gasteiger partial charge in [-0.1, -0.05) is 18.2 Å². The Morgan fingerprint density at radius 1 is 1.06 bits per heavy atom. The molecule has 0 radical (unpaired) electrons. The second kappa shape index (κ2) is 8.81. The summed E-state index contributed by atoms with van der Waals surface area (Å²) >= 11 is 0. The van der Waals surface area contributed by atoms with Crippen LogP contribution in [0, 0.1) is 17.2 Å². The second-order valence-electron chi connectivity index (χ2n) is 10.0. The highest BCUT2D eigenvalue weighted by atomic mass is 16.2. The van der Waals surface area contributed by atoms with Crippen LogP contribution in [0.1, 0.15) is 39.5 Å². The quantitative estimate of drug-likeness (QED) is 0.480. The SMILES string of the molecule is Cn1cc(CN2C[C@@H]3C[C@H](C2)c2ccc(NC(=O)c4ccc(C#N)cc4)c(=O)n2C3)c2ccccc21. The lowest BCUT2D eigenvalue weighted by molar-refractivity contribution is 0.102. The Morgan fingerprint density at radius 2 is 1.86 bits per heavy atom. The average Bonchev–Trinajstić information content (AvgIpc) is 3.21. The Kier molecular flexibility index (Phi) is 5.46. The van der Waals surface area contributed by atoms with Crippen LogP contribution in [0.2, 0.25) is 0 Å². The van der Waals surface area contributed by atoms with Crippen LogP contribution in [0.15, 0.2) is 71.7 Å². The van der Waals surface area contributed by atoms with Crippen molar-refractivity contribution >= 4 is 22.5 Å². The molecular weight excluding hydrogens is 450 g/mol. The van der Waals surface area contributed by atoms with Gasteiger partial charge in [0.05, 0.1) is 11.6 Å². The molecule has 1 saturated heterocycles. The minimum absolute atomic E-state index is 0.147. The summed E-state index contributed by atoms with van der Waals surface area (Å²) in [7, 11) is 2.09. The number of para-hydroxylation sites is 1. The van der Waals surface area contributed by atoms with E-state index in [0.717, 1.165) is 31.7 Å². The van der Waals surface area contributed by atoms with Gasteiger partial charge < -0.3 is 14.5 Å². The van der Waals surface area contributed by atoms with Crippen LogP contribution >= 0.6 is 0 Å². The molecule has 36 heavy (non-hydrogen) atoms. The van der Waals surface area contributed by atoms with E-state index < -0.39 is 0 Å². The number of nitrogens with one attached hydrogen (secondary N) is 1. The molecule has 1 fully saturated rings. The van der Waals surface area contributed by atoms with Gasteiger partial charge in [-0.25, -0.2) is 0 Å². The molecule has 2 aromatic heterocycles. The lowest BCUT2D eigenvalue weighted by Gasteiger charge is -2.43. The van der Waals surface area contributed by atoms with Crippen molar-refractivity contribution in [3.05, 3.63) is 99.6 Å². The first kappa shape index (κ1) is 22.3. The minimum Gasteiger partial charge on any atom is -0.350 e. The van der Waals surface area contributed by atoms with Crippen molar-refractivity contribution in [2.75, 3.05) is 18.4 Å². The van der Waals surface area contributed by atoms with E-state index in [9.17, 15) is 9.59 Å². The molecular formula is C29H27N5O2. The molecule has 1 amide bonds. The monoisotopic (exact) mass is 477 g/mol. The first-order valence-electron chi connectivity index (χ1n) is 12.3. The van der Waals surface area contributed by atoms with E-state index in [4.69, 9.17) is 5.26 Å². The van der Waals surface area contributed by atoms with Crippen LogP contribution in [-0.2, 0) is 20.1 Å². The predicted octanol–water partition coefficient (Wildman–Crippen LogP) is 4.08. The molecule has 2 aromatic carbocycles. The molecule has 4 heterocycles. The molecule has 1 N–H and O–H groups in total. The fourth-order valence-corrected chi connectivity index (χ4v) is 5.95. The van der Waals surface area contributed by atoms with Gasteiger partial charge in [0, 0.05) is 67.5 Å². The highest BCUT2D eigenvalue weighted by Gasteiger charge is 2.35. The number of nitriles is 1. The van der Waals surface area contributed by atoms with Gasteiger partial charge in [0.15, 0.2) is 0 Å². The normalized spacial score (nSPS) is 19.0. The van der Waals surface area contributed by atoms with Crippen LogP contribution in [0.4, 0.5) is 5.69 Å². The molecule has 7 heteroatoms. The maximum atomic E-state index is 13.3. The van der Waals surface area contributed by atoms with E-state index in [-0.39, 0.29) is 11.5 Å².